The molecule has 0 aliphatic heterocycles. The van der Waals surface area contributed by atoms with Gasteiger partial charge in [0.15, 0.2) is 5.76 Å². The first-order chi connectivity index (χ1) is 8.11. The van der Waals surface area contributed by atoms with Crippen LogP contribution in [-0.4, -0.2) is 28.2 Å². The summed E-state index contributed by atoms with van der Waals surface area (Å²) in [5.74, 6) is -1.76. The number of hydrogen-bond acceptors (Lipinski definition) is 8. The molecule has 88 valence electrons. The highest BCUT2D eigenvalue weighted by Gasteiger charge is 2.20. The zero-order chi connectivity index (χ0) is 12.4. The second-order valence-electron chi connectivity index (χ2n) is 2.80. The molecule has 0 unspecified atom stereocenters. The van der Waals surface area contributed by atoms with Crippen molar-refractivity contribution in [1.29, 1.82) is 0 Å². The number of nitrogens with zero attached hydrogens (tertiary/aromatic N) is 3. The average molecular weight is 239 g/mol. The van der Waals surface area contributed by atoms with E-state index in [-0.39, 0.29) is 17.5 Å². The zero-order valence-electron chi connectivity index (χ0n) is 8.45. The van der Waals surface area contributed by atoms with E-state index in [4.69, 9.17) is 8.83 Å². The smallest absolute Gasteiger partial charge is 0.433 e. The summed E-state index contributed by atoms with van der Waals surface area (Å²) in [7, 11) is 1.16. The summed E-state index contributed by atoms with van der Waals surface area (Å²) in [5.41, 5.74) is 0. The van der Waals surface area contributed by atoms with Crippen molar-refractivity contribution < 1.29 is 23.3 Å². The predicted octanol–water partition coefficient (Wildman–Crippen LogP) is 1.02. The summed E-state index contributed by atoms with van der Waals surface area (Å²) in [6.45, 7) is 0. The fraction of sp³-hybridized carbons (Fsp3) is 0.125. The zero-order valence-corrected chi connectivity index (χ0v) is 8.45. The molecule has 0 atom stereocenters. The monoisotopic (exact) mass is 239 g/mol. The van der Waals surface area contributed by atoms with Crippen LogP contribution in [0.25, 0.3) is 11.7 Å². The summed E-state index contributed by atoms with van der Waals surface area (Å²) in [4.78, 5) is 20.7. The first kappa shape index (κ1) is 10.8. The minimum Gasteiger partial charge on any atom is -0.462 e. The minimum absolute atomic E-state index is 0.000599. The van der Waals surface area contributed by atoms with Gasteiger partial charge in [-0.25, -0.2) is 4.79 Å². The predicted molar refractivity (Wildman–Crippen MR) is 50.0 cm³/mol. The Bertz CT molecular complexity index is 571. The molecular formula is C8H5N3O6. The van der Waals surface area contributed by atoms with Gasteiger partial charge in [-0.3, -0.25) is 10.1 Å². The third kappa shape index (κ3) is 1.97. The Kier molecular flexibility index (Phi) is 2.57. The van der Waals surface area contributed by atoms with E-state index in [9.17, 15) is 14.9 Å². The number of nitro groups is 1. The van der Waals surface area contributed by atoms with E-state index in [0.29, 0.717) is 0 Å². The molecule has 0 aliphatic rings. The fourth-order valence-corrected chi connectivity index (χ4v) is 1.03. The molecule has 9 nitrogen and oxygen atoms in total. The molecule has 2 aromatic heterocycles. The number of hydrogen-bond donors (Lipinski definition) is 0. The van der Waals surface area contributed by atoms with Crippen LogP contribution in [-0.2, 0) is 4.74 Å². The molecule has 0 aromatic carbocycles. The Morgan fingerprint density at radius 1 is 1.41 bits per heavy atom. The van der Waals surface area contributed by atoms with Crippen LogP contribution in [0.3, 0.4) is 0 Å². The number of methoxy groups -OCH3 is 1. The van der Waals surface area contributed by atoms with Crippen LogP contribution in [0.4, 0.5) is 5.88 Å². The molecule has 0 saturated heterocycles. The molecule has 9 heteroatoms. The van der Waals surface area contributed by atoms with Crippen LogP contribution < -0.4 is 0 Å². The summed E-state index contributed by atoms with van der Waals surface area (Å²) >= 11 is 0. The second kappa shape index (κ2) is 4.04. The summed E-state index contributed by atoms with van der Waals surface area (Å²) < 4.78 is 14.1. The molecule has 0 spiro atoms. The van der Waals surface area contributed by atoms with Crippen molar-refractivity contribution in [2.45, 2.75) is 0 Å². The number of furan rings is 1. The Hall–Kier alpha value is -2.71. The lowest BCUT2D eigenvalue weighted by Gasteiger charge is -1.89. The molecule has 2 heterocycles. The number of ether oxygens (including phenoxy) is 1. The summed E-state index contributed by atoms with van der Waals surface area (Å²) in [6, 6.07) is 2.42. The van der Waals surface area contributed by atoms with Gasteiger partial charge in [-0.05, 0) is 6.07 Å². The molecule has 0 saturated carbocycles. The molecule has 0 amide bonds. The Morgan fingerprint density at radius 3 is 2.76 bits per heavy atom. The van der Waals surface area contributed by atoms with Gasteiger partial charge in [-0.2, -0.15) is 0 Å². The first-order valence-corrected chi connectivity index (χ1v) is 4.28. The first-order valence-electron chi connectivity index (χ1n) is 4.28. The number of esters is 1. The highest BCUT2D eigenvalue weighted by atomic mass is 16.6. The van der Waals surface area contributed by atoms with Crippen molar-refractivity contribution in [2.24, 2.45) is 0 Å². The van der Waals surface area contributed by atoms with Gasteiger partial charge in [0.1, 0.15) is 4.92 Å². The maximum atomic E-state index is 11.0. The Labute approximate surface area is 93.1 Å². The van der Waals surface area contributed by atoms with E-state index < -0.39 is 16.8 Å². The SMILES string of the molecule is COC(=O)c1nnc(-c2ccc([N+](=O)[O-])o2)o1. The van der Waals surface area contributed by atoms with E-state index >= 15 is 0 Å². The maximum Gasteiger partial charge on any atom is 0.433 e. The third-order valence-electron chi connectivity index (χ3n) is 1.77. The topological polar surface area (TPSA) is 122 Å². The second-order valence-corrected chi connectivity index (χ2v) is 2.80. The largest absolute Gasteiger partial charge is 0.462 e. The van der Waals surface area contributed by atoms with Gasteiger partial charge >= 0.3 is 17.7 Å². The van der Waals surface area contributed by atoms with Crippen LogP contribution in [0.15, 0.2) is 21.0 Å². The molecule has 0 radical (unpaired) electrons. The molecule has 0 fully saturated rings. The van der Waals surface area contributed by atoms with Crippen molar-refractivity contribution in [3.8, 4) is 11.7 Å². The lowest BCUT2D eigenvalue weighted by atomic mass is 10.4. The normalized spacial score (nSPS) is 10.2. The average Bonchev–Trinajstić information content (AvgIpc) is 2.95. The maximum absolute atomic E-state index is 11.0. The fourth-order valence-electron chi connectivity index (χ4n) is 1.03. The van der Waals surface area contributed by atoms with Crippen LogP contribution >= 0.6 is 0 Å². The highest BCUT2D eigenvalue weighted by Crippen LogP contribution is 2.24. The van der Waals surface area contributed by atoms with E-state index in [2.05, 4.69) is 14.9 Å². The van der Waals surface area contributed by atoms with Gasteiger partial charge in [0, 0.05) is 0 Å². The van der Waals surface area contributed by atoms with E-state index in [1.54, 1.807) is 0 Å². The van der Waals surface area contributed by atoms with Gasteiger partial charge in [-0.1, -0.05) is 0 Å². The summed E-state index contributed by atoms with van der Waals surface area (Å²) in [5, 5.41) is 17.3. The third-order valence-corrected chi connectivity index (χ3v) is 1.77. The molecule has 17 heavy (non-hydrogen) atoms. The number of aromatic nitrogens is 2. The molecule has 2 rings (SSSR count). The van der Waals surface area contributed by atoms with Crippen LogP contribution in [0, 0.1) is 10.1 Å². The van der Waals surface area contributed by atoms with Crippen molar-refractivity contribution in [2.75, 3.05) is 7.11 Å². The quantitative estimate of drug-likeness (QED) is 0.442. The lowest BCUT2D eigenvalue weighted by molar-refractivity contribution is -0.401. The molecule has 0 aliphatic carbocycles. The van der Waals surface area contributed by atoms with Gasteiger partial charge < -0.3 is 13.6 Å². The van der Waals surface area contributed by atoms with Gasteiger partial charge in [-0.15, -0.1) is 10.2 Å². The van der Waals surface area contributed by atoms with Gasteiger partial charge in [0.25, 0.3) is 5.89 Å². The number of carbonyl (C=O) groups is 1. The van der Waals surface area contributed by atoms with Gasteiger partial charge in [0.05, 0.1) is 13.2 Å². The summed E-state index contributed by atoms with van der Waals surface area (Å²) in [6.07, 6.45) is 0. The molecule has 0 bridgehead atoms. The van der Waals surface area contributed by atoms with Gasteiger partial charge in [0.2, 0.25) is 0 Å². The Morgan fingerprint density at radius 2 is 2.18 bits per heavy atom. The molecule has 0 N–H and O–H groups in total. The molecule has 2 aromatic rings. The van der Waals surface area contributed by atoms with Crippen molar-refractivity contribution in [1.82, 2.24) is 10.2 Å². The Balaban J connectivity index is 2.30. The van der Waals surface area contributed by atoms with Crippen molar-refractivity contribution in [3.05, 3.63) is 28.1 Å². The number of carbonyl (C=O) groups excluding carboxylic acids is 1. The van der Waals surface area contributed by atoms with E-state index in [1.807, 2.05) is 0 Å². The highest BCUT2D eigenvalue weighted by molar-refractivity contribution is 5.84. The van der Waals surface area contributed by atoms with Crippen LogP contribution in [0.5, 0.6) is 0 Å². The van der Waals surface area contributed by atoms with Crippen molar-refractivity contribution in [3.63, 3.8) is 0 Å². The van der Waals surface area contributed by atoms with Crippen LogP contribution in [0.2, 0.25) is 0 Å². The van der Waals surface area contributed by atoms with E-state index in [1.165, 1.54) is 6.07 Å². The van der Waals surface area contributed by atoms with E-state index in [0.717, 1.165) is 13.2 Å². The lowest BCUT2D eigenvalue weighted by Crippen LogP contribution is -2.00. The van der Waals surface area contributed by atoms with Crippen LogP contribution in [0.1, 0.15) is 10.7 Å². The van der Waals surface area contributed by atoms with Crippen molar-refractivity contribution >= 4 is 11.9 Å². The minimum atomic E-state index is -0.801. The standard InChI is InChI=1S/C8H5N3O6/c1-15-8(12)7-10-9-6(17-7)4-2-3-5(16-4)11(13)14/h2-3H,1H3. The number of rotatable bonds is 3. The molecular weight excluding hydrogens is 234 g/mol.